The van der Waals surface area contributed by atoms with Crippen molar-refractivity contribution in [1.82, 2.24) is 30.1 Å². The summed E-state index contributed by atoms with van der Waals surface area (Å²) in [5.41, 5.74) is 7.12. The van der Waals surface area contributed by atoms with Gasteiger partial charge in [-0.05, 0) is 77.0 Å². The number of carbonyl (C=O) groups is 2. The largest absolute Gasteiger partial charge is 0.472 e. The number of fused-ring (bicyclic) bond motifs is 2. The van der Waals surface area contributed by atoms with Crippen LogP contribution in [-0.4, -0.2) is 101 Å². The number of ether oxygens (including phenoxy) is 2. The number of nitrogen functional groups attached to an aromatic ring is 1. The van der Waals surface area contributed by atoms with Crippen molar-refractivity contribution in [3.8, 4) is 28.3 Å². The molecule has 2 aliphatic heterocycles. The molecule has 0 saturated carbocycles. The molecule has 0 radical (unpaired) electrons. The highest BCUT2D eigenvalue weighted by Crippen LogP contribution is 2.44. The van der Waals surface area contributed by atoms with Crippen LogP contribution in [0.25, 0.3) is 43.4 Å². The Bertz CT molecular complexity index is 2130. The fourth-order valence-electron chi connectivity index (χ4n) is 6.70. The average molecular weight is 735 g/mol. The van der Waals surface area contributed by atoms with Crippen LogP contribution in [0.4, 0.5) is 24.5 Å². The van der Waals surface area contributed by atoms with E-state index in [1.54, 1.807) is 37.8 Å². The summed E-state index contributed by atoms with van der Waals surface area (Å²) in [4.78, 5) is 44.8. The van der Waals surface area contributed by atoms with Crippen LogP contribution in [0, 0.1) is 11.6 Å². The first-order chi connectivity index (χ1) is 24.9. The second-order valence-electron chi connectivity index (χ2n) is 14.0. The molecular formula is C36H40F2N8O5S. The molecule has 0 spiro atoms. The number of aromatic nitrogens is 3. The van der Waals surface area contributed by atoms with Gasteiger partial charge >= 0.3 is 12.1 Å². The Balaban J connectivity index is 1.27. The van der Waals surface area contributed by atoms with E-state index < -0.39 is 23.3 Å². The van der Waals surface area contributed by atoms with E-state index in [-0.39, 0.29) is 50.9 Å². The number of halogens is 2. The van der Waals surface area contributed by atoms with E-state index in [0.29, 0.717) is 60.7 Å². The molecule has 274 valence electrons. The maximum Gasteiger partial charge on any atom is 0.408 e. The number of nitrogens with one attached hydrogen (secondary N) is 1. The molecule has 0 bridgehead atoms. The molecule has 2 fully saturated rings. The molecule has 0 unspecified atom stereocenters. The van der Waals surface area contributed by atoms with Crippen LogP contribution in [0.1, 0.15) is 33.6 Å². The third-order valence-electron chi connectivity index (χ3n) is 9.30. The molecule has 1 atom stereocenters. The van der Waals surface area contributed by atoms with Crippen molar-refractivity contribution in [3.05, 3.63) is 48.4 Å². The van der Waals surface area contributed by atoms with Crippen LogP contribution in [0.5, 0.6) is 6.01 Å². The zero-order chi connectivity index (χ0) is 36.7. The summed E-state index contributed by atoms with van der Waals surface area (Å²) in [6, 6.07) is 6.47. The summed E-state index contributed by atoms with van der Waals surface area (Å²) in [5.74, 6) is -0.985. The molecule has 2 aromatic carbocycles. The molecule has 5 aromatic rings. The van der Waals surface area contributed by atoms with Crippen molar-refractivity contribution in [3.63, 3.8) is 0 Å². The smallest absolute Gasteiger partial charge is 0.408 e. The number of carbonyl (C=O) groups excluding carboxylic acids is 2. The Hall–Kier alpha value is -5.09. The number of nitrogens with two attached hydrogens (primary N) is 1. The van der Waals surface area contributed by atoms with E-state index in [2.05, 4.69) is 20.2 Å². The summed E-state index contributed by atoms with van der Waals surface area (Å²) in [6.45, 7) is 7.72. The Morgan fingerprint density at radius 3 is 2.54 bits per heavy atom. The number of nitrogens with zero attached hydrogens (tertiary/aromatic N) is 6. The summed E-state index contributed by atoms with van der Waals surface area (Å²) in [6.07, 6.45) is 4.33. The quantitative estimate of drug-likeness (QED) is 0.203. The monoisotopic (exact) mass is 734 g/mol. The van der Waals surface area contributed by atoms with Gasteiger partial charge in [0.1, 0.15) is 35.9 Å². The number of hydrogen-bond acceptors (Lipinski definition) is 12. The van der Waals surface area contributed by atoms with E-state index in [9.17, 15) is 14.0 Å². The van der Waals surface area contributed by atoms with Gasteiger partial charge in [-0.1, -0.05) is 11.3 Å². The molecule has 0 aliphatic carbocycles. The number of thiazole rings is 1. The number of amides is 2. The predicted molar refractivity (Wildman–Crippen MR) is 194 cm³/mol. The van der Waals surface area contributed by atoms with E-state index in [4.69, 9.17) is 24.6 Å². The number of hydrogen-bond donors (Lipinski definition) is 2. The Morgan fingerprint density at radius 1 is 1.06 bits per heavy atom. The van der Waals surface area contributed by atoms with Crippen molar-refractivity contribution in [2.24, 2.45) is 0 Å². The van der Waals surface area contributed by atoms with Crippen LogP contribution in [0.2, 0.25) is 0 Å². The molecule has 7 rings (SSSR count). The molecule has 2 saturated heterocycles. The number of anilines is 2. The van der Waals surface area contributed by atoms with E-state index in [1.807, 2.05) is 11.9 Å². The number of benzene rings is 2. The van der Waals surface area contributed by atoms with E-state index in [0.717, 1.165) is 30.7 Å². The van der Waals surface area contributed by atoms with Gasteiger partial charge in [0.05, 0.1) is 22.7 Å². The number of piperazine rings is 1. The minimum atomic E-state index is -0.688. The highest BCUT2D eigenvalue weighted by molar-refractivity contribution is 7.22. The first-order valence-corrected chi connectivity index (χ1v) is 17.9. The summed E-state index contributed by atoms with van der Waals surface area (Å²) in [7, 11) is 2.04. The normalized spacial score (nSPS) is 16.9. The Morgan fingerprint density at radius 2 is 1.85 bits per heavy atom. The predicted octanol–water partition coefficient (Wildman–Crippen LogP) is 5.67. The molecule has 2 amide bonds. The average Bonchev–Trinajstić information content (AvgIpc) is 3.88. The van der Waals surface area contributed by atoms with Gasteiger partial charge < -0.3 is 39.6 Å². The third-order valence-corrected chi connectivity index (χ3v) is 10.2. The van der Waals surface area contributed by atoms with Crippen molar-refractivity contribution in [2.45, 2.75) is 45.3 Å². The second-order valence-corrected chi connectivity index (χ2v) is 15.0. The molecule has 2 aliphatic rings. The van der Waals surface area contributed by atoms with Crippen molar-refractivity contribution >= 4 is 55.4 Å². The van der Waals surface area contributed by atoms with Gasteiger partial charge in [0.15, 0.2) is 10.9 Å². The fourth-order valence-corrected chi connectivity index (χ4v) is 7.47. The first-order valence-electron chi connectivity index (χ1n) is 17.1. The van der Waals surface area contributed by atoms with Gasteiger partial charge in [-0.15, -0.1) is 0 Å². The van der Waals surface area contributed by atoms with Gasteiger partial charge in [0.25, 0.3) is 0 Å². The maximum atomic E-state index is 17.3. The van der Waals surface area contributed by atoms with Crippen LogP contribution < -0.4 is 20.7 Å². The highest BCUT2D eigenvalue weighted by atomic mass is 32.1. The summed E-state index contributed by atoms with van der Waals surface area (Å²) in [5, 5.41) is 3.10. The van der Waals surface area contributed by atoms with Crippen molar-refractivity contribution in [1.29, 1.82) is 0 Å². The first kappa shape index (κ1) is 35.3. The SMILES string of the molecule is CN1CCC[C@H]1COc1nc(N2CCN(C(=O)CNC(=O)OC(C)(C)C)CC2)c2cc(-c3ccoc3)c(-c3ccc(F)c4sc(N)nc34)c(F)c2n1. The highest BCUT2D eigenvalue weighted by Gasteiger charge is 2.30. The molecule has 5 heterocycles. The zero-order valence-corrected chi connectivity index (χ0v) is 30.2. The Kier molecular flexibility index (Phi) is 9.61. The van der Waals surface area contributed by atoms with Crippen molar-refractivity contribution in [2.75, 3.05) is 63.6 Å². The van der Waals surface area contributed by atoms with Gasteiger partial charge in [-0.25, -0.2) is 18.6 Å². The standard InChI is InChI=1S/C36H40F2N8O5S/c1-36(2,3)51-35(48)40-17-26(47)45-11-13-46(14-12-45)32-24-16-23(20-9-15-49-18-20)27(22-7-8-25(37)31-30(22)41-33(39)52-31)28(38)29(24)42-34(43-32)50-19-21-6-5-10-44(21)4/h7-9,15-16,18,21H,5-6,10-14,17,19H2,1-4H3,(H2,39,41)(H,40,48)/t21-/m0/s1. The molecule has 3 N–H and O–H groups in total. The van der Waals surface area contributed by atoms with Gasteiger partial charge in [0.2, 0.25) is 5.91 Å². The topological polar surface area (TPSA) is 152 Å². The van der Waals surface area contributed by atoms with Crippen LogP contribution >= 0.6 is 11.3 Å². The van der Waals surface area contributed by atoms with E-state index in [1.165, 1.54) is 24.7 Å². The summed E-state index contributed by atoms with van der Waals surface area (Å²) < 4.78 is 49.3. The lowest BCUT2D eigenvalue weighted by Gasteiger charge is -2.36. The molecular weight excluding hydrogens is 695 g/mol. The molecule has 13 nitrogen and oxygen atoms in total. The van der Waals surface area contributed by atoms with Gasteiger partial charge in [-0.2, -0.15) is 9.97 Å². The minimum absolute atomic E-state index is 0.0164. The van der Waals surface area contributed by atoms with Crippen molar-refractivity contribution < 1.29 is 32.3 Å². The molecule has 52 heavy (non-hydrogen) atoms. The fraction of sp³-hybridized carbons (Fsp3) is 0.417. The third kappa shape index (κ3) is 7.17. The number of likely N-dealkylation sites (N-methyl/N-ethyl adjacent to an activating group) is 1. The number of rotatable bonds is 8. The summed E-state index contributed by atoms with van der Waals surface area (Å²) >= 11 is 0.991. The lowest BCUT2D eigenvalue weighted by atomic mass is 9.92. The number of furan rings is 1. The van der Waals surface area contributed by atoms with Gasteiger partial charge in [0, 0.05) is 54.3 Å². The molecule has 16 heteroatoms. The Labute approximate surface area is 302 Å². The minimum Gasteiger partial charge on any atom is -0.472 e. The van der Waals surface area contributed by atoms with Gasteiger partial charge in [-0.3, -0.25) is 4.79 Å². The van der Waals surface area contributed by atoms with Crippen LogP contribution in [0.15, 0.2) is 41.2 Å². The molecule has 3 aromatic heterocycles. The van der Waals surface area contributed by atoms with Crippen LogP contribution in [-0.2, 0) is 9.53 Å². The number of alkyl carbamates (subject to hydrolysis) is 1. The second kappa shape index (κ2) is 14.1. The number of likely N-dealkylation sites (tertiary alicyclic amines) is 1. The lowest BCUT2D eigenvalue weighted by Crippen LogP contribution is -2.51. The maximum absolute atomic E-state index is 17.3. The van der Waals surface area contributed by atoms with Crippen LogP contribution in [0.3, 0.4) is 0 Å². The lowest BCUT2D eigenvalue weighted by molar-refractivity contribution is -0.130. The van der Waals surface area contributed by atoms with E-state index >= 15 is 4.39 Å². The zero-order valence-electron chi connectivity index (χ0n) is 29.4.